The van der Waals surface area contributed by atoms with Gasteiger partial charge in [0, 0.05) is 16.8 Å². The lowest BCUT2D eigenvalue weighted by atomic mass is 10.1. The van der Waals surface area contributed by atoms with Gasteiger partial charge in [-0.2, -0.15) is 13.2 Å². The van der Waals surface area contributed by atoms with Crippen LogP contribution in [0.4, 0.5) is 13.2 Å². The molecule has 0 unspecified atom stereocenters. The number of fused-ring (bicyclic) bond motifs is 2. The van der Waals surface area contributed by atoms with Crippen molar-refractivity contribution in [1.29, 1.82) is 0 Å². The van der Waals surface area contributed by atoms with E-state index in [1.54, 1.807) is 24.3 Å². The third-order valence-corrected chi connectivity index (χ3v) is 4.42. The minimum absolute atomic E-state index is 0.0687. The lowest BCUT2D eigenvalue weighted by Gasteiger charge is -2.17. The van der Waals surface area contributed by atoms with Gasteiger partial charge in [0.25, 0.3) is 5.91 Å². The fourth-order valence-corrected chi connectivity index (χ4v) is 2.96. The number of rotatable bonds is 3. The predicted octanol–water partition coefficient (Wildman–Crippen LogP) is 3.49. The first kappa shape index (κ1) is 18.3. The molecule has 1 aromatic carbocycles. The van der Waals surface area contributed by atoms with Gasteiger partial charge in [-0.15, -0.1) is 10.2 Å². The van der Waals surface area contributed by atoms with Crippen LogP contribution in [0.25, 0.3) is 11.7 Å². The van der Waals surface area contributed by atoms with Crippen LogP contribution in [0.15, 0.2) is 42.1 Å². The van der Waals surface area contributed by atoms with E-state index in [4.69, 9.17) is 16.3 Å². The first-order chi connectivity index (χ1) is 13.3. The Morgan fingerprint density at radius 2 is 2.07 bits per heavy atom. The summed E-state index contributed by atoms with van der Waals surface area (Å²) in [6.07, 6.45) is -1.93. The van der Waals surface area contributed by atoms with E-state index in [1.807, 2.05) is 0 Å². The fraction of sp³-hybridized carbons (Fsp3) is 0.167. The van der Waals surface area contributed by atoms with Crippen molar-refractivity contribution in [3.05, 3.63) is 64.1 Å². The minimum Gasteiger partial charge on any atom is -0.488 e. The van der Waals surface area contributed by atoms with Gasteiger partial charge >= 0.3 is 6.18 Å². The normalized spacial score (nSPS) is 13.6. The number of benzene rings is 1. The molecule has 0 spiro atoms. The second-order valence-corrected chi connectivity index (χ2v) is 6.52. The van der Waals surface area contributed by atoms with E-state index in [1.165, 1.54) is 10.5 Å². The molecule has 1 amide bonds. The molecule has 1 N–H and O–H groups in total. The summed E-state index contributed by atoms with van der Waals surface area (Å²) in [5.41, 5.74) is 0.455. The lowest BCUT2D eigenvalue weighted by Crippen LogP contribution is -2.29. The van der Waals surface area contributed by atoms with E-state index in [-0.39, 0.29) is 24.6 Å². The molecule has 144 valence electrons. The second-order valence-electron chi connectivity index (χ2n) is 6.08. The Morgan fingerprint density at radius 1 is 1.25 bits per heavy atom. The van der Waals surface area contributed by atoms with Gasteiger partial charge in [-0.3, -0.25) is 9.20 Å². The second kappa shape index (κ2) is 6.83. The molecular weight excluding hydrogens is 397 g/mol. The van der Waals surface area contributed by atoms with Crippen molar-refractivity contribution in [1.82, 2.24) is 19.9 Å². The van der Waals surface area contributed by atoms with E-state index in [0.29, 0.717) is 21.9 Å². The van der Waals surface area contributed by atoms with Crippen LogP contribution in [0.5, 0.6) is 5.75 Å². The van der Waals surface area contributed by atoms with Crippen molar-refractivity contribution < 1.29 is 22.7 Å². The molecule has 0 aliphatic carbocycles. The third kappa shape index (κ3) is 3.53. The average molecular weight is 409 g/mol. The maximum atomic E-state index is 12.9. The fourth-order valence-electron chi connectivity index (χ4n) is 2.78. The van der Waals surface area contributed by atoms with Crippen LogP contribution in [0.1, 0.15) is 17.0 Å². The van der Waals surface area contributed by atoms with Crippen molar-refractivity contribution in [3.63, 3.8) is 0 Å². The summed E-state index contributed by atoms with van der Waals surface area (Å²) < 4.78 is 45.4. The van der Waals surface area contributed by atoms with E-state index >= 15 is 0 Å². The van der Waals surface area contributed by atoms with Crippen molar-refractivity contribution in [2.24, 2.45) is 0 Å². The number of alkyl halides is 3. The molecule has 0 atom stereocenters. The Hall–Kier alpha value is -3.07. The molecule has 2 aromatic heterocycles. The van der Waals surface area contributed by atoms with Crippen LogP contribution in [0.3, 0.4) is 0 Å². The molecule has 10 heteroatoms. The minimum atomic E-state index is -4.49. The van der Waals surface area contributed by atoms with Gasteiger partial charge in [0.1, 0.15) is 12.4 Å². The standard InChI is InChI=1S/C18H12ClF3N4O2/c19-13-2-3-14-10(6-13)5-11(9-28-14)17(27)23-7-16-25-24-15-4-1-12(8-26(15)16)18(20,21)22/h1-6,8H,7,9H2,(H,23,27). The predicted molar refractivity (Wildman–Crippen MR) is 94.8 cm³/mol. The number of pyridine rings is 1. The van der Waals surface area contributed by atoms with Crippen LogP contribution >= 0.6 is 11.6 Å². The molecule has 4 rings (SSSR count). The Labute approximate surface area is 161 Å². The van der Waals surface area contributed by atoms with E-state index < -0.39 is 17.6 Å². The highest BCUT2D eigenvalue weighted by atomic mass is 35.5. The highest BCUT2D eigenvalue weighted by molar-refractivity contribution is 6.30. The molecule has 0 bridgehead atoms. The van der Waals surface area contributed by atoms with E-state index in [0.717, 1.165) is 12.3 Å². The van der Waals surface area contributed by atoms with Crippen LogP contribution < -0.4 is 10.1 Å². The molecular formula is C18H12ClF3N4O2. The van der Waals surface area contributed by atoms with Gasteiger partial charge in [0.2, 0.25) is 0 Å². The van der Waals surface area contributed by atoms with Crippen LogP contribution in [0, 0.1) is 0 Å². The average Bonchev–Trinajstić information content (AvgIpc) is 3.07. The molecule has 28 heavy (non-hydrogen) atoms. The summed E-state index contributed by atoms with van der Waals surface area (Å²) >= 11 is 5.95. The maximum absolute atomic E-state index is 12.9. The smallest absolute Gasteiger partial charge is 0.417 e. The molecule has 0 radical (unpaired) electrons. The topological polar surface area (TPSA) is 68.5 Å². The zero-order valence-corrected chi connectivity index (χ0v) is 14.9. The first-order valence-corrected chi connectivity index (χ1v) is 8.51. The molecule has 6 nitrogen and oxygen atoms in total. The van der Waals surface area contributed by atoms with Gasteiger partial charge in [-0.25, -0.2) is 0 Å². The molecule has 1 aliphatic heterocycles. The van der Waals surface area contributed by atoms with Gasteiger partial charge in [-0.05, 0) is 36.4 Å². The number of aromatic nitrogens is 3. The molecule has 0 saturated heterocycles. The van der Waals surface area contributed by atoms with Crippen molar-refractivity contribution >= 4 is 29.2 Å². The van der Waals surface area contributed by atoms with E-state index in [9.17, 15) is 18.0 Å². The Morgan fingerprint density at radius 3 is 2.86 bits per heavy atom. The number of nitrogens with zero attached hydrogens (tertiary/aromatic N) is 3. The zero-order valence-electron chi connectivity index (χ0n) is 14.1. The van der Waals surface area contributed by atoms with Crippen LogP contribution in [0.2, 0.25) is 5.02 Å². The monoisotopic (exact) mass is 408 g/mol. The number of hydrogen-bond acceptors (Lipinski definition) is 4. The van der Waals surface area contributed by atoms with Crippen molar-refractivity contribution in [2.45, 2.75) is 12.7 Å². The Balaban J connectivity index is 1.52. The zero-order chi connectivity index (χ0) is 19.9. The lowest BCUT2D eigenvalue weighted by molar-refractivity contribution is -0.137. The summed E-state index contributed by atoms with van der Waals surface area (Å²) in [6, 6.07) is 7.22. The molecule has 3 heterocycles. The largest absolute Gasteiger partial charge is 0.488 e. The van der Waals surface area contributed by atoms with Gasteiger partial charge in [0.05, 0.1) is 17.7 Å². The summed E-state index contributed by atoms with van der Waals surface area (Å²) in [5.74, 6) is 0.369. The molecule has 0 fully saturated rings. The number of amides is 1. The van der Waals surface area contributed by atoms with E-state index in [2.05, 4.69) is 15.5 Å². The SMILES string of the molecule is O=C(NCc1nnc2ccc(C(F)(F)F)cn12)C1=Cc2cc(Cl)ccc2OC1. The number of carbonyl (C=O) groups is 1. The van der Waals surface area contributed by atoms with Crippen LogP contribution in [-0.4, -0.2) is 27.1 Å². The molecule has 1 aliphatic rings. The molecule has 3 aromatic rings. The third-order valence-electron chi connectivity index (χ3n) is 4.18. The molecule has 0 saturated carbocycles. The Bertz CT molecular complexity index is 1110. The number of hydrogen-bond donors (Lipinski definition) is 1. The van der Waals surface area contributed by atoms with Crippen molar-refractivity contribution in [3.8, 4) is 5.75 Å². The maximum Gasteiger partial charge on any atom is 0.417 e. The Kier molecular flexibility index (Phi) is 4.46. The van der Waals surface area contributed by atoms with Gasteiger partial charge < -0.3 is 10.1 Å². The highest BCUT2D eigenvalue weighted by Gasteiger charge is 2.31. The first-order valence-electron chi connectivity index (χ1n) is 8.13. The van der Waals surface area contributed by atoms with Crippen molar-refractivity contribution in [2.75, 3.05) is 6.61 Å². The quantitative estimate of drug-likeness (QED) is 0.720. The summed E-state index contributed by atoms with van der Waals surface area (Å²) in [4.78, 5) is 12.4. The summed E-state index contributed by atoms with van der Waals surface area (Å²) in [7, 11) is 0. The number of ether oxygens (including phenoxy) is 1. The van der Waals surface area contributed by atoms with Gasteiger partial charge in [-0.1, -0.05) is 11.6 Å². The van der Waals surface area contributed by atoms with Crippen LogP contribution in [-0.2, 0) is 17.5 Å². The summed E-state index contributed by atoms with van der Waals surface area (Å²) in [6.45, 7) is -0.0275. The number of carbonyl (C=O) groups excluding carboxylic acids is 1. The summed E-state index contributed by atoms with van der Waals surface area (Å²) in [5, 5.41) is 10.8. The number of halogens is 4. The van der Waals surface area contributed by atoms with Gasteiger partial charge in [0.15, 0.2) is 11.5 Å². The highest BCUT2D eigenvalue weighted by Crippen LogP contribution is 2.30. The number of nitrogens with one attached hydrogen (secondary N) is 1.